The molecule has 21 heavy (non-hydrogen) atoms. The lowest BCUT2D eigenvalue weighted by Crippen LogP contribution is -1.98. The van der Waals surface area contributed by atoms with Crippen LogP contribution in [0.4, 0.5) is 10.3 Å². The summed E-state index contributed by atoms with van der Waals surface area (Å²) >= 11 is 0. The van der Waals surface area contributed by atoms with Gasteiger partial charge in [0, 0.05) is 0 Å². The summed E-state index contributed by atoms with van der Waals surface area (Å²) in [5.74, 6) is 0.474. The summed E-state index contributed by atoms with van der Waals surface area (Å²) in [5.41, 5.74) is 0.278. The molecule has 5 nitrogen and oxygen atoms in total. The van der Waals surface area contributed by atoms with E-state index in [1.54, 1.807) is 36.6 Å². The Bertz CT molecular complexity index is 788. The van der Waals surface area contributed by atoms with Crippen molar-refractivity contribution in [1.82, 2.24) is 4.98 Å². The molecule has 0 saturated heterocycles. The summed E-state index contributed by atoms with van der Waals surface area (Å²) in [6, 6.07) is 11.5. The first kappa shape index (κ1) is 12.9. The van der Waals surface area contributed by atoms with Gasteiger partial charge in [-0.25, -0.2) is 4.39 Å². The number of benzene rings is 1. The van der Waals surface area contributed by atoms with Crippen molar-refractivity contribution in [1.29, 1.82) is 5.26 Å². The predicted octanol–water partition coefficient (Wildman–Crippen LogP) is 3.56. The number of hydrogen-bond donors (Lipinski definition) is 1. The fraction of sp³-hybridized carbons (Fsp3) is 0.0667. The second kappa shape index (κ2) is 5.51. The van der Waals surface area contributed by atoms with E-state index < -0.39 is 5.82 Å². The maximum Gasteiger partial charge on any atom is 0.233 e. The molecule has 0 radical (unpaired) electrons. The molecule has 1 N–H and O–H groups in total. The number of nitrogens with one attached hydrogen (secondary N) is 1. The molecule has 2 aromatic heterocycles. The number of oxazole rings is 1. The lowest BCUT2D eigenvalue weighted by molar-refractivity contribution is 0.511. The predicted molar refractivity (Wildman–Crippen MR) is 72.6 cm³/mol. The van der Waals surface area contributed by atoms with Crippen LogP contribution < -0.4 is 5.32 Å². The number of nitrogens with zero attached hydrogens (tertiary/aromatic N) is 2. The Kier molecular flexibility index (Phi) is 3.39. The van der Waals surface area contributed by atoms with E-state index in [0.29, 0.717) is 12.3 Å². The maximum atomic E-state index is 13.7. The highest BCUT2D eigenvalue weighted by Crippen LogP contribution is 2.27. The van der Waals surface area contributed by atoms with Gasteiger partial charge in [0.05, 0.1) is 18.4 Å². The van der Waals surface area contributed by atoms with Gasteiger partial charge in [-0.1, -0.05) is 12.1 Å². The molecule has 0 fully saturated rings. The zero-order valence-electron chi connectivity index (χ0n) is 10.8. The Morgan fingerprint density at radius 1 is 1.24 bits per heavy atom. The molecule has 3 rings (SSSR count). The van der Waals surface area contributed by atoms with Crippen molar-refractivity contribution in [3.63, 3.8) is 0 Å². The van der Waals surface area contributed by atoms with E-state index in [2.05, 4.69) is 10.3 Å². The summed E-state index contributed by atoms with van der Waals surface area (Å²) in [5, 5.41) is 12.0. The van der Waals surface area contributed by atoms with Crippen molar-refractivity contribution >= 4 is 5.88 Å². The van der Waals surface area contributed by atoms with E-state index >= 15 is 0 Å². The third-order valence-electron chi connectivity index (χ3n) is 2.84. The van der Waals surface area contributed by atoms with E-state index in [0.717, 1.165) is 0 Å². The van der Waals surface area contributed by atoms with E-state index in [1.807, 2.05) is 6.07 Å². The molecular formula is C15H10FN3O2. The molecule has 0 atom stereocenters. The minimum absolute atomic E-state index is 0.0617. The van der Waals surface area contributed by atoms with Crippen LogP contribution >= 0.6 is 0 Å². The first-order valence-electron chi connectivity index (χ1n) is 6.20. The number of nitriles is 1. The Morgan fingerprint density at radius 2 is 2.10 bits per heavy atom. The highest BCUT2D eigenvalue weighted by Gasteiger charge is 2.16. The average molecular weight is 283 g/mol. The molecule has 104 valence electrons. The molecule has 0 aliphatic carbocycles. The highest BCUT2D eigenvalue weighted by atomic mass is 19.1. The molecule has 0 spiro atoms. The van der Waals surface area contributed by atoms with E-state index in [1.165, 1.54) is 6.07 Å². The van der Waals surface area contributed by atoms with Crippen molar-refractivity contribution in [3.05, 3.63) is 59.9 Å². The van der Waals surface area contributed by atoms with Crippen molar-refractivity contribution in [2.45, 2.75) is 6.54 Å². The van der Waals surface area contributed by atoms with Crippen LogP contribution in [0.25, 0.3) is 11.5 Å². The van der Waals surface area contributed by atoms with Gasteiger partial charge in [0.2, 0.25) is 17.5 Å². The van der Waals surface area contributed by atoms with Gasteiger partial charge in [0.15, 0.2) is 0 Å². The average Bonchev–Trinajstić information content (AvgIpc) is 3.14. The monoisotopic (exact) mass is 283 g/mol. The second-order valence-corrected chi connectivity index (χ2v) is 4.22. The van der Waals surface area contributed by atoms with Crippen LogP contribution in [0.5, 0.6) is 0 Å². The summed E-state index contributed by atoms with van der Waals surface area (Å²) in [4.78, 5) is 4.00. The number of furan rings is 1. The standard InChI is InChI=1S/C15H10FN3O2/c16-12-6-2-1-5-11(12)14-19-13(8-17)15(21-14)18-9-10-4-3-7-20-10/h1-7,18H,9H2. The van der Waals surface area contributed by atoms with Crippen LogP contribution in [-0.4, -0.2) is 4.98 Å². The van der Waals surface area contributed by atoms with Gasteiger partial charge in [0.1, 0.15) is 17.6 Å². The number of aromatic nitrogens is 1. The van der Waals surface area contributed by atoms with Crippen molar-refractivity contribution in [3.8, 4) is 17.5 Å². The number of halogens is 1. The van der Waals surface area contributed by atoms with Gasteiger partial charge in [-0.05, 0) is 24.3 Å². The molecule has 3 aromatic rings. The molecule has 0 aliphatic heterocycles. The zero-order valence-corrected chi connectivity index (χ0v) is 10.8. The normalized spacial score (nSPS) is 10.3. The van der Waals surface area contributed by atoms with Gasteiger partial charge >= 0.3 is 0 Å². The quantitative estimate of drug-likeness (QED) is 0.792. The fourth-order valence-corrected chi connectivity index (χ4v) is 1.85. The van der Waals surface area contributed by atoms with Crippen LogP contribution in [0.1, 0.15) is 11.5 Å². The molecule has 0 bridgehead atoms. The summed E-state index contributed by atoms with van der Waals surface area (Å²) in [6.45, 7) is 0.341. The first-order chi connectivity index (χ1) is 10.3. The van der Waals surface area contributed by atoms with Gasteiger partial charge < -0.3 is 14.2 Å². The van der Waals surface area contributed by atoms with Gasteiger partial charge in [-0.3, -0.25) is 0 Å². The molecule has 0 aliphatic rings. The molecule has 0 unspecified atom stereocenters. The minimum atomic E-state index is -0.458. The lowest BCUT2D eigenvalue weighted by Gasteiger charge is -2.00. The lowest BCUT2D eigenvalue weighted by atomic mass is 10.2. The largest absolute Gasteiger partial charge is 0.467 e. The number of anilines is 1. The fourth-order valence-electron chi connectivity index (χ4n) is 1.85. The molecular weight excluding hydrogens is 273 g/mol. The third-order valence-corrected chi connectivity index (χ3v) is 2.84. The van der Waals surface area contributed by atoms with Crippen LogP contribution in [0.2, 0.25) is 0 Å². The number of rotatable bonds is 4. The van der Waals surface area contributed by atoms with Crippen LogP contribution in [0, 0.1) is 17.1 Å². The second-order valence-electron chi connectivity index (χ2n) is 4.22. The Labute approximate surface area is 119 Å². The molecule has 6 heteroatoms. The van der Waals surface area contributed by atoms with E-state index in [4.69, 9.17) is 14.1 Å². The SMILES string of the molecule is N#Cc1nc(-c2ccccc2F)oc1NCc1ccco1. The van der Waals surface area contributed by atoms with Gasteiger partial charge in [0.25, 0.3) is 0 Å². The summed E-state index contributed by atoms with van der Waals surface area (Å²) < 4.78 is 24.3. The van der Waals surface area contributed by atoms with Crippen molar-refractivity contribution < 1.29 is 13.2 Å². The third kappa shape index (κ3) is 2.62. The van der Waals surface area contributed by atoms with E-state index in [9.17, 15) is 4.39 Å². The molecule has 0 saturated carbocycles. The van der Waals surface area contributed by atoms with Gasteiger partial charge in [-0.2, -0.15) is 10.2 Å². The highest BCUT2D eigenvalue weighted by molar-refractivity contribution is 5.59. The first-order valence-corrected chi connectivity index (χ1v) is 6.20. The van der Waals surface area contributed by atoms with Crippen LogP contribution in [0.3, 0.4) is 0 Å². The van der Waals surface area contributed by atoms with Gasteiger partial charge in [-0.15, -0.1) is 0 Å². The topological polar surface area (TPSA) is 75.0 Å². The Morgan fingerprint density at radius 3 is 2.81 bits per heavy atom. The molecule has 0 amide bonds. The smallest absolute Gasteiger partial charge is 0.233 e. The van der Waals surface area contributed by atoms with Crippen molar-refractivity contribution in [2.75, 3.05) is 5.32 Å². The number of hydrogen-bond acceptors (Lipinski definition) is 5. The summed E-state index contributed by atoms with van der Waals surface area (Å²) in [7, 11) is 0. The zero-order chi connectivity index (χ0) is 14.7. The summed E-state index contributed by atoms with van der Waals surface area (Å²) in [6.07, 6.45) is 1.55. The van der Waals surface area contributed by atoms with Crippen LogP contribution in [0.15, 0.2) is 51.5 Å². The Hall–Kier alpha value is -3.07. The molecule has 2 heterocycles. The van der Waals surface area contributed by atoms with E-state index in [-0.39, 0.29) is 23.0 Å². The Balaban J connectivity index is 1.88. The minimum Gasteiger partial charge on any atom is -0.467 e. The van der Waals surface area contributed by atoms with Crippen LogP contribution in [-0.2, 0) is 6.54 Å². The maximum absolute atomic E-state index is 13.7. The van der Waals surface area contributed by atoms with Crippen molar-refractivity contribution in [2.24, 2.45) is 0 Å². The molecule has 1 aromatic carbocycles.